The summed E-state index contributed by atoms with van der Waals surface area (Å²) >= 11 is 6.67. The first-order valence-corrected chi connectivity index (χ1v) is 5.61. The van der Waals surface area contributed by atoms with E-state index in [1.165, 1.54) is 11.8 Å². The summed E-state index contributed by atoms with van der Waals surface area (Å²) in [6, 6.07) is 6.12. The summed E-state index contributed by atoms with van der Waals surface area (Å²) in [7, 11) is 0. The molecule has 0 unspecified atom stereocenters. The van der Waals surface area contributed by atoms with Crippen LogP contribution in [0.4, 0.5) is 0 Å². The molecule has 0 aliphatic heterocycles. The standard InChI is InChI=1S/C10H12N2S2/c1-3-10(2,8-11)14-9(13)12-6-4-5-7-12/h4-7H,3H2,1-2H3/t10-/m0/s1. The number of rotatable bonds is 2. The number of nitrogens with zero attached hydrogens (tertiary/aromatic N) is 2. The Morgan fingerprint density at radius 1 is 1.57 bits per heavy atom. The van der Waals surface area contributed by atoms with E-state index in [9.17, 15) is 0 Å². The van der Waals surface area contributed by atoms with Gasteiger partial charge >= 0.3 is 0 Å². The molecular weight excluding hydrogens is 212 g/mol. The number of hydrogen-bond acceptors (Lipinski definition) is 3. The zero-order valence-electron chi connectivity index (χ0n) is 8.23. The molecule has 1 aromatic heterocycles. The molecule has 0 fully saturated rings. The van der Waals surface area contributed by atoms with Crippen LogP contribution in [0, 0.1) is 11.3 Å². The highest BCUT2D eigenvalue weighted by atomic mass is 32.2. The number of hydrogen-bond donors (Lipinski definition) is 0. The fourth-order valence-electron chi connectivity index (χ4n) is 0.876. The highest BCUT2D eigenvalue weighted by Crippen LogP contribution is 2.29. The molecule has 0 radical (unpaired) electrons. The average Bonchev–Trinajstić information content (AvgIpc) is 2.70. The molecule has 2 nitrogen and oxygen atoms in total. The normalized spacial score (nSPS) is 14.4. The lowest BCUT2D eigenvalue weighted by atomic mass is 10.1. The average molecular weight is 224 g/mol. The van der Waals surface area contributed by atoms with Gasteiger partial charge in [0.2, 0.25) is 0 Å². The number of thiocarbonyl (C=S) groups is 1. The third-order valence-electron chi connectivity index (χ3n) is 2.04. The van der Waals surface area contributed by atoms with Gasteiger partial charge in [0.15, 0.2) is 0 Å². The molecule has 0 spiro atoms. The summed E-state index contributed by atoms with van der Waals surface area (Å²) in [5.74, 6) is 0. The Labute approximate surface area is 93.9 Å². The zero-order chi connectivity index (χ0) is 10.6. The van der Waals surface area contributed by atoms with Gasteiger partial charge in [-0.1, -0.05) is 30.9 Å². The van der Waals surface area contributed by atoms with Crippen molar-refractivity contribution < 1.29 is 0 Å². The van der Waals surface area contributed by atoms with Crippen LogP contribution in [0.1, 0.15) is 20.3 Å². The molecule has 1 rings (SSSR count). The monoisotopic (exact) mass is 224 g/mol. The van der Waals surface area contributed by atoms with Crippen molar-refractivity contribution in [3.63, 3.8) is 0 Å². The quantitative estimate of drug-likeness (QED) is 0.723. The van der Waals surface area contributed by atoms with E-state index in [2.05, 4.69) is 6.07 Å². The van der Waals surface area contributed by atoms with Gasteiger partial charge < -0.3 is 4.57 Å². The molecule has 1 heterocycles. The summed E-state index contributed by atoms with van der Waals surface area (Å²) in [6.45, 7) is 3.90. The molecule has 0 bridgehead atoms. The summed E-state index contributed by atoms with van der Waals surface area (Å²) < 4.78 is 2.16. The van der Waals surface area contributed by atoms with Crippen LogP contribution in [-0.4, -0.2) is 13.6 Å². The highest BCUT2D eigenvalue weighted by Gasteiger charge is 2.24. The van der Waals surface area contributed by atoms with Gasteiger partial charge in [0.05, 0.1) is 6.07 Å². The lowest BCUT2D eigenvalue weighted by Crippen LogP contribution is -2.20. The largest absolute Gasteiger partial charge is 0.310 e. The molecule has 74 valence electrons. The molecule has 4 heteroatoms. The predicted octanol–water partition coefficient (Wildman–Crippen LogP) is 3.05. The molecule has 0 saturated heterocycles. The Morgan fingerprint density at radius 3 is 2.57 bits per heavy atom. The van der Waals surface area contributed by atoms with Gasteiger partial charge in [-0.2, -0.15) is 5.26 Å². The maximum absolute atomic E-state index is 8.99. The minimum absolute atomic E-state index is 0.415. The molecule has 0 aliphatic rings. The van der Waals surface area contributed by atoms with Crippen molar-refractivity contribution in [3.05, 3.63) is 24.5 Å². The maximum Gasteiger partial charge on any atom is 0.145 e. The second-order valence-electron chi connectivity index (χ2n) is 3.15. The molecule has 0 saturated carbocycles. The van der Waals surface area contributed by atoms with Gasteiger partial charge in [-0.25, -0.2) is 0 Å². The summed E-state index contributed by atoms with van der Waals surface area (Å²) in [5, 5.41) is 8.99. The van der Waals surface area contributed by atoms with Gasteiger partial charge in [0.25, 0.3) is 0 Å². The minimum Gasteiger partial charge on any atom is -0.310 e. The fraction of sp³-hybridized carbons (Fsp3) is 0.400. The lowest BCUT2D eigenvalue weighted by Gasteiger charge is -2.18. The molecular formula is C10H12N2S2. The molecule has 0 aromatic carbocycles. The van der Waals surface area contributed by atoms with Crippen LogP contribution in [0.15, 0.2) is 24.5 Å². The molecule has 0 amide bonds. The predicted molar refractivity (Wildman–Crippen MR) is 64.3 cm³/mol. The Balaban J connectivity index is 2.71. The summed E-state index contributed by atoms with van der Waals surface area (Å²) in [5.41, 5.74) is 0. The van der Waals surface area contributed by atoms with Crippen molar-refractivity contribution in [2.24, 2.45) is 0 Å². The van der Waals surface area contributed by atoms with Crippen molar-refractivity contribution >= 4 is 28.3 Å². The van der Waals surface area contributed by atoms with E-state index in [0.29, 0.717) is 0 Å². The van der Waals surface area contributed by atoms with Gasteiger partial charge in [-0.3, -0.25) is 0 Å². The van der Waals surface area contributed by atoms with E-state index in [4.69, 9.17) is 17.5 Å². The first-order valence-electron chi connectivity index (χ1n) is 4.39. The second-order valence-corrected chi connectivity index (χ2v) is 5.29. The van der Waals surface area contributed by atoms with E-state index in [-0.39, 0.29) is 0 Å². The smallest absolute Gasteiger partial charge is 0.145 e. The van der Waals surface area contributed by atoms with Gasteiger partial charge in [-0.05, 0) is 25.5 Å². The Bertz CT molecular complexity index is 351. The lowest BCUT2D eigenvalue weighted by molar-refractivity contribution is 0.772. The summed E-state index contributed by atoms with van der Waals surface area (Å²) in [6.07, 6.45) is 4.57. The molecule has 1 aromatic rings. The van der Waals surface area contributed by atoms with Gasteiger partial charge in [-0.15, -0.1) is 0 Å². The third kappa shape index (κ3) is 2.60. The van der Waals surface area contributed by atoms with Gasteiger partial charge in [0.1, 0.15) is 9.07 Å². The molecule has 0 aliphatic carbocycles. The van der Waals surface area contributed by atoms with E-state index < -0.39 is 4.75 Å². The van der Waals surface area contributed by atoms with Crippen LogP contribution in [0.2, 0.25) is 0 Å². The Hall–Kier alpha value is -0.790. The van der Waals surface area contributed by atoms with E-state index in [1.54, 1.807) is 0 Å². The van der Waals surface area contributed by atoms with Crippen molar-refractivity contribution in [2.75, 3.05) is 0 Å². The number of thioether (sulfide) groups is 1. The van der Waals surface area contributed by atoms with Crippen LogP contribution >= 0.6 is 24.0 Å². The molecule has 0 N–H and O–H groups in total. The molecule has 14 heavy (non-hydrogen) atoms. The van der Waals surface area contributed by atoms with Crippen molar-refractivity contribution in [1.82, 2.24) is 4.57 Å². The topological polar surface area (TPSA) is 28.7 Å². The van der Waals surface area contributed by atoms with E-state index in [1.807, 2.05) is 42.9 Å². The van der Waals surface area contributed by atoms with Crippen molar-refractivity contribution in [3.8, 4) is 6.07 Å². The maximum atomic E-state index is 8.99. The molecule has 1 atom stereocenters. The SMILES string of the molecule is CC[C@@](C)(C#N)SC(=S)n1cccc1. The van der Waals surface area contributed by atoms with E-state index >= 15 is 0 Å². The van der Waals surface area contributed by atoms with Crippen LogP contribution in [0.5, 0.6) is 0 Å². The highest BCUT2D eigenvalue weighted by molar-refractivity contribution is 8.24. The van der Waals surface area contributed by atoms with Crippen LogP contribution in [0.25, 0.3) is 0 Å². The first kappa shape index (κ1) is 11.3. The second kappa shape index (κ2) is 4.63. The summed E-state index contributed by atoms with van der Waals surface area (Å²) in [4.78, 5) is 0. The fourth-order valence-corrected chi connectivity index (χ4v) is 2.35. The van der Waals surface area contributed by atoms with Crippen LogP contribution < -0.4 is 0 Å². The van der Waals surface area contributed by atoms with Crippen molar-refractivity contribution in [1.29, 1.82) is 5.26 Å². The Morgan fingerprint density at radius 2 is 2.14 bits per heavy atom. The first-order chi connectivity index (χ1) is 6.61. The van der Waals surface area contributed by atoms with E-state index in [0.717, 1.165) is 10.7 Å². The van der Waals surface area contributed by atoms with Gasteiger partial charge in [0, 0.05) is 12.4 Å². The number of nitriles is 1. The minimum atomic E-state index is -0.415. The zero-order valence-corrected chi connectivity index (χ0v) is 9.86. The van der Waals surface area contributed by atoms with Crippen molar-refractivity contribution in [2.45, 2.75) is 25.0 Å². The Kier molecular flexibility index (Phi) is 3.73. The van der Waals surface area contributed by atoms with Crippen LogP contribution in [0.3, 0.4) is 0 Å². The number of aromatic nitrogens is 1. The van der Waals surface area contributed by atoms with Crippen LogP contribution in [-0.2, 0) is 0 Å². The third-order valence-corrected chi connectivity index (χ3v) is 3.72.